The van der Waals surface area contributed by atoms with E-state index in [1.165, 1.54) is 4.88 Å². The lowest BCUT2D eigenvalue weighted by molar-refractivity contribution is 0.230. The van der Waals surface area contributed by atoms with E-state index in [0.717, 1.165) is 5.56 Å². The molecule has 0 bridgehead atoms. The molecule has 0 fully saturated rings. The van der Waals surface area contributed by atoms with Gasteiger partial charge in [0.15, 0.2) is 0 Å². The smallest absolute Gasteiger partial charge is 0.315 e. The summed E-state index contributed by atoms with van der Waals surface area (Å²) >= 11 is 1.68. The second kappa shape index (κ2) is 7.99. The summed E-state index contributed by atoms with van der Waals surface area (Å²) in [6.07, 6.45) is 0. The predicted octanol–water partition coefficient (Wildman–Crippen LogP) is 3.12. The van der Waals surface area contributed by atoms with Gasteiger partial charge in [0.1, 0.15) is 5.75 Å². The van der Waals surface area contributed by atoms with Gasteiger partial charge in [-0.3, -0.25) is 0 Å². The largest absolute Gasteiger partial charge is 0.508 e. The van der Waals surface area contributed by atoms with Crippen molar-refractivity contribution in [3.63, 3.8) is 0 Å². The van der Waals surface area contributed by atoms with Gasteiger partial charge in [-0.15, -0.1) is 11.3 Å². The molecule has 6 heteroatoms. The number of phenolic OH excluding ortho intramolecular Hbond substituents is 1. The average Bonchev–Trinajstić information content (AvgIpc) is 3.01. The Hall–Kier alpha value is -2.05. The van der Waals surface area contributed by atoms with E-state index < -0.39 is 0 Å². The van der Waals surface area contributed by atoms with E-state index in [9.17, 15) is 9.90 Å². The van der Waals surface area contributed by atoms with Gasteiger partial charge in [0, 0.05) is 11.4 Å². The predicted molar refractivity (Wildman–Crippen MR) is 93.8 cm³/mol. The number of thiophene rings is 1. The second-order valence-electron chi connectivity index (χ2n) is 5.67. The highest BCUT2D eigenvalue weighted by Crippen LogP contribution is 2.22. The molecular weight excluding hydrogens is 310 g/mol. The maximum Gasteiger partial charge on any atom is 0.315 e. The van der Waals surface area contributed by atoms with Crippen LogP contribution in [-0.4, -0.2) is 36.7 Å². The van der Waals surface area contributed by atoms with Crippen molar-refractivity contribution in [3.8, 4) is 5.75 Å². The lowest BCUT2D eigenvalue weighted by atomic mass is 10.1. The first-order valence-corrected chi connectivity index (χ1v) is 8.38. The number of rotatable bonds is 6. The molecule has 2 amide bonds. The standard InChI is InChI=1S/C17H23N3O2S/c1-12(13-6-4-7-14(21)10-13)19-17(22)18-11-15(20(2)3)16-8-5-9-23-16/h4-10,12,15,21H,11H2,1-3H3,(H2,18,19,22)/t12-,15-/m1/s1. The van der Waals surface area contributed by atoms with Crippen molar-refractivity contribution < 1.29 is 9.90 Å². The summed E-state index contributed by atoms with van der Waals surface area (Å²) < 4.78 is 0. The Morgan fingerprint density at radius 1 is 1.30 bits per heavy atom. The molecule has 0 aliphatic carbocycles. The molecule has 0 saturated heterocycles. The summed E-state index contributed by atoms with van der Waals surface area (Å²) in [4.78, 5) is 15.4. The first-order valence-electron chi connectivity index (χ1n) is 7.50. The van der Waals surface area contributed by atoms with E-state index >= 15 is 0 Å². The van der Waals surface area contributed by atoms with Crippen LogP contribution in [0.4, 0.5) is 4.79 Å². The minimum absolute atomic E-state index is 0.150. The summed E-state index contributed by atoms with van der Waals surface area (Å²) in [5.74, 6) is 0.196. The lowest BCUT2D eigenvalue weighted by Crippen LogP contribution is -2.41. The zero-order chi connectivity index (χ0) is 16.8. The highest BCUT2D eigenvalue weighted by molar-refractivity contribution is 7.10. The third kappa shape index (κ3) is 4.97. The number of likely N-dealkylation sites (N-methyl/N-ethyl adjacent to an activating group) is 1. The van der Waals surface area contributed by atoms with Gasteiger partial charge in [-0.1, -0.05) is 18.2 Å². The second-order valence-corrected chi connectivity index (χ2v) is 6.65. The number of nitrogens with zero attached hydrogens (tertiary/aromatic N) is 1. The van der Waals surface area contributed by atoms with E-state index in [0.29, 0.717) is 6.54 Å². The number of carbonyl (C=O) groups excluding carboxylic acids is 1. The maximum absolute atomic E-state index is 12.1. The highest BCUT2D eigenvalue weighted by atomic mass is 32.1. The molecule has 23 heavy (non-hydrogen) atoms. The summed E-state index contributed by atoms with van der Waals surface area (Å²) in [7, 11) is 4.00. The molecule has 1 aromatic carbocycles. The van der Waals surface area contributed by atoms with Crippen LogP contribution in [0.1, 0.15) is 29.4 Å². The molecule has 124 valence electrons. The minimum atomic E-state index is -0.218. The average molecular weight is 333 g/mol. The molecule has 1 heterocycles. The van der Waals surface area contributed by atoms with Crippen molar-refractivity contribution >= 4 is 17.4 Å². The topological polar surface area (TPSA) is 64.6 Å². The van der Waals surface area contributed by atoms with Crippen LogP contribution < -0.4 is 10.6 Å². The highest BCUT2D eigenvalue weighted by Gasteiger charge is 2.17. The van der Waals surface area contributed by atoms with Gasteiger partial charge in [0.2, 0.25) is 0 Å². The van der Waals surface area contributed by atoms with Crippen LogP contribution in [0.3, 0.4) is 0 Å². The maximum atomic E-state index is 12.1. The van der Waals surface area contributed by atoms with Crippen LogP contribution in [0.15, 0.2) is 41.8 Å². The molecule has 5 nitrogen and oxygen atoms in total. The van der Waals surface area contributed by atoms with Crippen molar-refractivity contribution in [1.82, 2.24) is 15.5 Å². The molecular formula is C17H23N3O2S. The van der Waals surface area contributed by atoms with Crippen LogP contribution in [-0.2, 0) is 0 Å². The van der Waals surface area contributed by atoms with Crippen molar-refractivity contribution in [2.75, 3.05) is 20.6 Å². The van der Waals surface area contributed by atoms with Crippen molar-refractivity contribution in [1.29, 1.82) is 0 Å². The van der Waals surface area contributed by atoms with Crippen LogP contribution in [0.25, 0.3) is 0 Å². The molecule has 2 atom stereocenters. The number of hydrogen-bond donors (Lipinski definition) is 3. The van der Waals surface area contributed by atoms with Crippen LogP contribution >= 0.6 is 11.3 Å². The number of nitrogens with one attached hydrogen (secondary N) is 2. The lowest BCUT2D eigenvalue weighted by Gasteiger charge is -2.24. The fourth-order valence-corrected chi connectivity index (χ4v) is 3.26. The van der Waals surface area contributed by atoms with Crippen molar-refractivity contribution in [3.05, 3.63) is 52.2 Å². The Morgan fingerprint density at radius 3 is 2.70 bits per heavy atom. The molecule has 0 aliphatic rings. The summed E-state index contributed by atoms with van der Waals surface area (Å²) in [5, 5.41) is 17.4. The fourth-order valence-electron chi connectivity index (χ4n) is 2.33. The Morgan fingerprint density at radius 2 is 2.09 bits per heavy atom. The Labute approximate surface area is 140 Å². The zero-order valence-electron chi connectivity index (χ0n) is 13.6. The quantitative estimate of drug-likeness (QED) is 0.761. The van der Waals surface area contributed by atoms with Crippen molar-refractivity contribution in [2.45, 2.75) is 19.0 Å². The number of urea groups is 1. The fraction of sp³-hybridized carbons (Fsp3) is 0.353. The Kier molecular flexibility index (Phi) is 6.01. The molecule has 3 N–H and O–H groups in total. The summed E-state index contributed by atoms with van der Waals surface area (Å²) in [6, 6.07) is 10.7. The van der Waals surface area contributed by atoms with Gasteiger partial charge in [0.25, 0.3) is 0 Å². The monoisotopic (exact) mass is 333 g/mol. The first kappa shape index (κ1) is 17.3. The van der Waals surface area contributed by atoms with Crippen LogP contribution in [0, 0.1) is 0 Å². The SMILES string of the molecule is C[C@@H](NC(=O)NC[C@H](c1cccs1)N(C)C)c1cccc(O)c1. The van der Waals surface area contributed by atoms with Gasteiger partial charge >= 0.3 is 6.03 Å². The Bertz CT molecular complexity index is 629. The molecule has 0 unspecified atom stereocenters. The number of benzene rings is 1. The number of carbonyl (C=O) groups is 1. The Balaban J connectivity index is 1.89. The zero-order valence-corrected chi connectivity index (χ0v) is 14.4. The molecule has 0 aliphatic heterocycles. The third-order valence-electron chi connectivity index (χ3n) is 3.67. The van der Waals surface area contributed by atoms with Crippen LogP contribution in [0.5, 0.6) is 5.75 Å². The third-order valence-corrected chi connectivity index (χ3v) is 4.64. The van der Waals surface area contributed by atoms with Gasteiger partial charge in [-0.05, 0) is 50.2 Å². The van der Waals surface area contributed by atoms with Crippen LogP contribution in [0.2, 0.25) is 0 Å². The molecule has 0 spiro atoms. The van der Waals surface area contributed by atoms with E-state index in [-0.39, 0.29) is 23.9 Å². The number of hydrogen-bond acceptors (Lipinski definition) is 4. The number of amides is 2. The minimum Gasteiger partial charge on any atom is -0.508 e. The summed E-state index contributed by atoms with van der Waals surface area (Å²) in [6.45, 7) is 2.42. The van der Waals surface area contributed by atoms with Gasteiger partial charge in [0.05, 0.1) is 12.1 Å². The van der Waals surface area contributed by atoms with Gasteiger partial charge < -0.3 is 20.6 Å². The van der Waals surface area contributed by atoms with Gasteiger partial charge in [-0.2, -0.15) is 0 Å². The molecule has 0 radical (unpaired) electrons. The number of aromatic hydroxyl groups is 1. The van der Waals surface area contributed by atoms with E-state index in [1.807, 2.05) is 38.5 Å². The molecule has 2 rings (SSSR count). The first-order chi connectivity index (χ1) is 11.0. The molecule has 1 aromatic heterocycles. The van der Waals surface area contributed by atoms with Crippen molar-refractivity contribution in [2.24, 2.45) is 0 Å². The van der Waals surface area contributed by atoms with E-state index in [4.69, 9.17) is 0 Å². The number of phenols is 1. The van der Waals surface area contributed by atoms with Gasteiger partial charge in [-0.25, -0.2) is 4.79 Å². The summed E-state index contributed by atoms with van der Waals surface area (Å²) in [5.41, 5.74) is 0.863. The van der Waals surface area contributed by atoms with E-state index in [1.54, 1.807) is 29.5 Å². The normalized spacial score (nSPS) is 13.6. The van der Waals surface area contributed by atoms with E-state index in [2.05, 4.69) is 21.6 Å². The molecule has 0 saturated carbocycles. The molecule has 2 aromatic rings.